The normalized spacial score (nSPS) is 13.0. The van der Waals surface area contributed by atoms with E-state index < -0.39 is 24.3 Å². The van der Waals surface area contributed by atoms with Crippen molar-refractivity contribution in [2.24, 2.45) is 0 Å². The van der Waals surface area contributed by atoms with Gasteiger partial charge in [-0.05, 0) is 57.8 Å². The van der Waals surface area contributed by atoms with E-state index in [-0.39, 0.29) is 32.2 Å². The fraction of sp³-hybridized carbons (Fsp3) is 0.824. The van der Waals surface area contributed by atoms with E-state index in [0.717, 1.165) is 77.0 Å². The highest BCUT2D eigenvalue weighted by molar-refractivity contribution is 5.70. The number of carbonyl (C=O) groups excluding carboxylic acids is 3. The number of aliphatic carboxylic acids is 1. The van der Waals surface area contributed by atoms with Gasteiger partial charge in [-0.25, -0.2) is 0 Å². The fourth-order valence-electron chi connectivity index (χ4n) is 10.4. The van der Waals surface area contributed by atoms with Gasteiger partial charge >= 0.3 is 11.9 Å². The first-order valence-corrected chi connectivity index (χ1v) is 35.4. The number of allylic oxidation sites excluding steroid dienone is 10. The van der Waals surface area contributed by atoms with Gasteiger partial charge in [-0.2, -0.15) is 0 Å². The minimum atomic E-state index is -1.62. The van der Waals surface area contributed by atoms with Crippen molar-refractivity contribution in [3.05, 3.63) is 60.8 Å². The average Bonchev–Trinajstić information content (AvgIpc) is 3.46. The van der Waals surface area contributed by atoms with Crippen molar-refractivity contribution in [1.29, 1.82) is 0 Å². The molecule has 0 heterocycles. The van der Waals surface area contributed by atoms with E-state index in [4.69, 9.17) is 18.9 Å². The molecule has 9 heteroatoms. The Kier molecular flexibility index (Phi) is 62.6. The van der Waals surface area contributed by atoms with E-state index in [9.17, 15) is 19.5 Å². The minimum absolute atomic E-state index is 0.146. The number of carbonyl (C=O) groups is 3. The molecular weight excluding hydrogens is 1030 g/mol. The van der Waals surface area contributed by atoms with Crippen LogP contribution in [0.1, 0.15) is 335 Å². The quantitative estimate of drug-likeness (QED) is 0.0195. The van der Waals surface area contributed by atoms with E-state index in [2.05, 4.69) is 74.6 Å². The minimum Gasteiger partial charge on any atom is -0.545 e. The molecular formula is C74H135NO8. The zero-order chi connectivity index (χ0) is 60.5. The summed E-state index contributed by atoms with van der Waals surface area (Å²) in [7, 11) is 5.93. The number of carboxylic acids is 1. The molecule has 0 spiro atoms. The van der Waals surface area contributed by atoms with E-state index in [1.165, 1.54) is 225 Å². The van der Waals surface area contributed by atoms with Crippen LogP contribution in [0.3, 0.4) is 0 Å². The number of nitrogens with zero attached hydrogens (tertiary/aromatic N) is 1. The third-order valence-corrected chi connectivity index (χ3v) is 15.8. The van der Waals surface area contributed by atoms with Crippen molar-refractivity contribution < 1.29 is 42.9 Å². The monoisotopic (exact) mass is 1170 g/mol. The summed E-state index contributed by atoms with van der Waals surface area (Å²) < 4.78 is 22.8. The van der Waals surface area contributed by atoms with E-state index in [1.807, 2.05) is 21.1 Å². The van der Waals surface area contributed by atoms with Crippen LogP contribution < -0.4 is 5.11 Å². The first-order chi connectivity index (χ1) is 40.6. The average molecular weight is 1170 g/mol. The zero-order valence-corrected chi connectivity index (χ0v) is 55.3. The number of hydrogen-bond donors (Lipinski definition) is 0. The summed E-state index contributed by atoms with van der Waals surface area (Å²) in [5.41, 5.74) is 0. The molecule has 0 amide bonds. The first kappa shape index (κ1) is 80.0. The lowest BCUT2D eigenvalue weighted by Gasteiger charge is -2.26. The highest BCUT2D eigenvalue weighted by Gasteiger charge is 2.22. The van der Waals surface area contributed by atoms with Crippen molar-refractivity contribution in [3.63, 3.8) is 0 Å². The molecule has 0 radical (unpaired) electrons. The van der Waals surface area contributed by atoms with Crippen LogP contribution in [-0.4, -0.2) is 82.3 Å². The summed E-state index contributed by atoms with van der Waals surface area (Å²) in [4.78, 5) is 37.5. The van der Waals surface area contributed by atoms with E-state index in [0.29, 0.717) is 23.9 Å². The molecule has 2 unspecified atom stereocenters. The Morgan fingerprint density at radius 3 is 1.02 bits per heavy atom. The van der Waals surface area contributed by atoms with Crippen LogP contribution in [0.2, 0.25) is 0 Å². The second kappa shape index (κ2) is 65.0. The lowest BCUT2D eigenvalue weighted by Crippen LogP contribution is -2.44. The molecule has 0 aromatic heterocycles. The van der Waals surface area contributed by atoms with Gasteiger partial charge in [0.25, 0.3) is 0 Å². The summed E-state index contributed by atoms with van der Waals surface area (Å²) >= 11 is 0. The first-order valence-electron chi connectivity index (χ1n) is 35.4. The number of esters is 2. The highest BCUT2D eigenvalue weighted by Crippen LogP contribution is 2.19. The number of rotatable bonds is 66. The summed E-state index contributed by atoms with van der Waals surface area (Å²) in [5.74, 6) is -2.27. The molecule has 0 aromatic rings. The number of ether oxygens (including phenoxy) is 4. The van der Waals surface area contributed by atoms with Gasteiger partial charge in [0.2, 0.25) is 0 Å². The zero-order valence-electron chi connectivity index (χ0n) is 55.3. The maximum Gasteiger partial charge on any atom is 0.306 e. The van der Waals surface area contributed by atoms with Gasteiger partial charge in [-0.15, -0.1) is 0 Å². The SMILES string of the molecule is CC/C=C\C/C=C\C/C=C\C/C=C\C/C=C\CCCCCCCCCCCC(=O)OC(COC(=O)CCCCCCCCCCCCCCCCCCCCCCCCCCCCCCCCCCC)COC(OCC[N+](C)(C)C)C(=O)[O-]. The van der Waals surface area contributed by atoms with Crippen LogP contribution in [0.5, 0.6) is 0 Å². The molecule has 0 aliphatic carbocycles. The Hall–Kier alpha value is -3.01. The molecule has 2 atom stereocenters. The Labute approximate surface area is 514 Å². The summed E-state index contributed by atoms with van der Waals surface area (Å²) in [6.07, 6.45) is 81.7. The Morgan fingerprint density at radius 1 is 0.373 bits per heavy atom. The van der Waals surface area contributed by atoms with E-state index in [1.54, 1.807) is 0 Å². The second-order valence-corrected chi connectivity index (χ2v) is 25.2. The topological polar surface area (TPSA) is 111 Å². The van der Waals surface area contributed by atoms with Gasteiger partial charge < -0.3 is 33.3 Å². The molecule has 0 aromatic carbocycles. The van der Waals surface area contributed by atoms with Crippen LogP contribution in [0.15, 0.2) is 60.8 Å². The molecule has 0 aliphatic rings. The van der Waals surface area contributed by atoms with Crippen molar-refractivity contribution in [2.45, 2.75) is 347 Å². The van der Waals surface area contributed by atoms with Crippen molar-refractivity contribution in [3.8, 4) is 0 Å². The van der Waals surface area contributed by atoms with Gasteiger partial charge in [-0.1, -0.05) is 325 Å². The highest BCUT2D eigenvalue weighted by atomic mass is 16.7. The molecule has 484 valence electrons. The maximum atomic E-state index is 12.9. The van der Waals surface area contributed by atoms with E-state index >= 15 is 0 Å². The number of carboxylic acid groups (broad SMARTS) is 1. The van der Waals surface area contributed by atoms with Crippen LogP contribution >= 0.6 is 0 Å². The molecule has 0 rings (SSSR count). The molecule has 83 heavy (non-hydrogen) atoms. The van der Waals surface area contributed by atoms with Gasteiger partial charge in [0.15, 0.2) is 12.4 Å². The van der Waals surface area contributed by atoms with Crippen molar-refractivity contribution in [2.75, 3.05) is 47.5 Å². The molecule has 0 saturated carbocycles. The van der Waals surface area contributed by atoms with Gasteiger partial charge in [0, 0.05) is 12.8 Å². The van der Waals surface area contributed by atoms with Crippen LogP contribution in [0, 0.1) is 0 Å². The Balaban J connectivity index is 4.06. The fourth-order valence-corrected chi connectivity index (χ4v) is 10.4. The van der Waals surface area contributed by atoms with Crippen LogP contribution in [0.25, 0.3) is 0 Å². The third kappa shape index (κ3) is 66.4. The van der Waals surface area contributed by atoms with Crippen molar-refractivity contribution in [1.82, 2.24) is 0 Å². The summed E-state index contributed by atoms with van der Waals surface area (Å²) in [6.45, 7) is 4.68. The van der Waals surface area contributed by atoms with Gasteiger partial charge in [0.1, 0.15) is 13.2 Å². The molecule has 9 nitrogen and oxygen atoms in total. The van der Waals surface area contributed by atoms with Crippen LogP contribution in [0.4, 0.5) is 0 Å². The summed E-state index contributed by atoms with van der Waals surface area (Å²) in [5, 5.41) is 11.8. The molecule has 0 bridgehead atoms. The standard InChI is InChI=1S/C74H135NO8/c1-6-8-10-12-14-16-18-20-22-24-26-28-30-32-33-34-35-36-37-38-39-41-42-44-46-48-50-52-54-56-58-60-62-64-71(76)81-68-70(69-82-74(73(78)79)80-67-66-75(3,4)5)83-72(77)65-63-61-59-57-55-53-51-49-47-45-43-40-31-29-27-25-23-21-19-17-15-13-11-9-7-2/h9,11,15,17,21,23,27,29,40,43,70,74H,6-8,10,12-14,16,18-20,22,24-26,28,30-39,41-42,44-69H2,1-5H3/b11-9-,17-15-,23-21-,29-27-,43-40-. The second-order valence-electron chi connectivity index (χ2n) is 25.2. The lowest BCUT2D eigenvalue weighted by atomic mass is 10.0. The Bertz CT molecular complexity index is 1550. The molecule has 0 fully saturated rings. The lowest BCUT2D eigenvalue weighted by molar-refractivity contribution is -0.870. The largest absolute Gasteiger partial charge is 0.545 e. The number of unbranched alkanes of at least 4 members (excludes halogenated alkanes) is 41. The summed E-state index contributed by atoms with van der Waals surface area (Å²) in [6, 6.07) is 0. The van der Waals surface area contributed by atoms with Gasteiger partial charge in [-0.3, -0.25) is 9.59 Å². The predicted octanol–water partition coefficient (Wildman–Crippen LogP) is 20.6. The number of hydrogen-bond acceptors (Lipinski definition) is 8. The third-order valence-electron chi connectivity index (χ3n) is 15.8. The number of quaternary nitrogens is 1. The molecule has 0 saturated heterocycles. The van der Waals surface area contributed by atoms with Gasteiger partial charge in [0.05, 0.1) is 40.3 Å². The van der Waals surface area contributed by atoms with Crippen LogP contribution in [-0.2, 0) is 33.3 Å². The smallest absolute Gasteiger partial charge is 0.306 e. The maximum absolute atomic E-state index is 12.9. The van der Waals surface area contributed by atoms with Crippen molar-refractivity contribution >= 4 is 17.9 Å². The molecule has 0 aliphatic heterocycles. The molecule has 0 N–H and O–H groups in total. The predicted molar refractivity (Wildman–Crippen MR) is 352 cm³/mol. The number of likely N-dealkylation sites (N-methyl/N-ethyl adjacent to an activating group) is 1. The Morgan fingerprint density at radius 2 is 0.687 bits per heavy atom.